The normalized spacial score (nSPS) is 11.4. The molecule has 0 aliphatic carbocycles. The molecule has 0 amide bonds. The Morgan fingerprint density at radius 3 is 2.04 bits per heavy atom. The van der Waals surface area contributed by atoms with Crippen LogP contribution in [0.2, 0.25) is 0 Å². The molecule has 0 atom stereocenters. The summed E-state index contributed by atoms with van der Waals surface area (Å²) >= 11 is 0. The van der Waals surface area contributed by atoms with Crippen LogP contribution in [0.4, 0.5) is 11.4 Å². The zero-order valence-corrected chi connectivity index (χ0v) is 14.3. The van der Waals surface area contributed by atoms with Crippen molar-refractivity contribution >= 4 is 43.8 Å². The molecule has 4 N–H and O–H groups in total. The van der Waals surface area contributed by atoms with Gasteiger partial charge in [0.2, 0.25) is 0 Å². The zero-order chi connectivity index (χ0) is 17.5. The van der Waals surface area contributed by atoms with Gasteiger partial charge >= 0.3 is 0 Å². The Bertz CT molecular complexity index is 1250. The van der Waals surface area contributed by atoms with E-state index in [-0.39, 0.29) is 0 Å². The number of nitrogens with one attached hydrogen (secondary N) is 2. The lowest BCUT2D eigenvalue weighted by Gasteiger charge is -2.16. The molecule has 0 radical (unpaired) electrons. The minimum atomic E-state index is 0.719. The van der Waals surface area contributed by atoms with Gasteiger partial charge < -0.3 is 16.0 Å². The van der Waals surface area contributed by atoms with Gasteiger partial charge in [-0.15, -0.1) is 0 Å². The van der Waals surface area contributed by atoms with Crippen molar-refractivity contribution in [3.8, 4) is 0 Å². The smallest absolute Gasteiger partial charge is 0.0662 e. The number of para-hydroxylation sites is 1. The first-order valence-electron chi connectivity index (χ1n) is 8.81. The van der Waals surface area contributed by atoms with Crippen molar-refractivity contribution in [1.82, 2.24) is 4.98 Å². The maximum absolute atomic E-state index is 6.57. The number of anilines is 2. The molecule has 126 valence electrons. The van der Waals surface area contributed by atoms with E-state index in [1.54, 1.807) is 0 Å². The second-order valence-electron chi connectivity index (χ2n) is 6.59. The van der Waals surface area contributed by atoms with Gasteiger partial charge in [-0.3, -0.25) is 0 Å². The molecule has 3 heteroatoms. The van der Waals surface area contributed by atoms with E-state index in [0.29, 0.717) is 0 Å². The number of rotatable bonds is 3. The van der Waals surface area contributed by atoms with Gasteiger partial charge in [-0.25, -0.2) is 0 Å². The molecule has 0 saturated heterocycles. The average molecular weight is 337 g/mol. The number of hydrogen-bond donors (Lipinski definition) is 3. The molecule has 0 fully saturated rings. The van der Waals surface area contributed by atoms with Gasteiger partial charge in [0.1, 0.15) is 0 Å². The number of hydrogen-bond acceptors (Lipinski definition) is 2. The lowest BCUT2D eigenvalue weighted by Crippen LogP contribution is -2.03. The molecule has 5 aromatic rings. The Labute approximate surface area is 151 Å². The molecule has 0 spiro atoms. The molecule has 0 aliphatic rings. The fourth-order valence-corrected chi connectivity index (χ4v) is 3.82. The summed E-state index contributed by atoms with van der Waals surface area (Å²) in [5, 5.41) is 9.50. The number of fused-ring (bicyclic) bond motifs is 4. The van der Waals surface area contributed by atoms with E-state index in [1.165, 1.54) is 21.7 Å². The first kappa shape index (κ1) is 14.8. The highest BCUT2D eigenvalue weighted by Gasteiger charge is 2.12. The summed E-state index contributed by atoms with van der Waals surface area (Å²) in [7, 11) is 0. The van der Waals surface area contributed by atoms with Gasteiger partial charge in [-0.2, -0.15) is 0 Å². The van der Waals surface area contributed by atoms with Crippen molar-refractivity contribution in [3.05, 3.63) is 84.6 Å². The van der Waals surface area contributed by atoms with Crippen LogP contribution < -0.4 is 11.1 Å². The fraction of sp³-hybridized carbons (Fsp3) is 0.0435. The topological polar surface area (TPSA) is 53.8 Å². The molecular formula is C23H19N3. The Morgan fingerprint density at radius 2 is 1.27 bits per heavy atom. The van der Waals surface area contributed by atoms with E-state index in [2.05, 4.69) is 77.2 Å². The van der Waals surface area contributed by atoms with E-state index in [0.717, 1.165) is 34.2 Å². The minimum absolute atomic E-state index is 0.719. The molecule has 0 unspecified atom stereocenters. The third kappa shape index (κ3) is 2.21. The number of H-pyrrole nitrogens is 1. The van der Waals surface area contributed by atoms with Gasteiger partial charge in [0.15, 0.2) is 0 Å². The van der Waals surface area contributed by atoms with E-state index in [9.17, 15) is 0 Å². The highest BCUT2D eigenvalue weighted by atomic mass is 14.9. The van der Waals surface area contributed by atoms with Gasteiger partial charge in [-0.05, 0) is 22.4 Å². The van der Waals surface area contributed by atoms with Crippen LogP contribution in [0.15, 0.2) is 79.0 Å². The number of nitrogen functional groups attached to an aromatic ring is 1. The molecule has 5 rings (SSSR count). The second kappa shape index (κ2) is 5.81. The standard InChI is InChI=1S/C23H19N3/c24-22-19-10-3-1-8-17(19)18-9-2-4-11-20(18)23(22)26-14-15-13-25-21-12-6-5-7-16(15)21/h1-13,25-26H,14,24H2. The number of nitrogens with two attached hydrogens (primary N) is 1. The van der Waals surface area contributed by atoms with Crippen molar-refractivity contribution < 1.29 is 0 Å². The summed E-state index contributed by atoms with van der Waals surface area (Å²) < 4.78 is 0. The van der Waals surface area contributed by atoms with Crippen LogP contribution in [-0.4, -0.2) is 4.98 Å². The minimum Gasteiger partial charge on any atom is -0.397 e. The Morgan fingerprint density at radius 1 is 0.692 bits per heavy atom. The maximum atomic E-state index is 6.57. The zero-order valence-electron chi connectivity index (χ0n) is 14.3. The molecule has 0 aliphatic heterocycles. The molecule has 0 bridgehead atoms. The van der Waals surface area contributed by atoms with Crippen LogP contribution in [0.25, 0.3) is 32.4 Å². The third-order valence-corrected chi connectivity index (χ3v) is 5.10. The summed E-state index contributed by atoms with van der Waals surface area (Å²) in [5.41, 5.74) is 10.8. The molecular weight excluding hydrogens is 318 g/mol. The van der Waals surface area contributed by atoms with Gasteiger partial charge in [0, 0.05) is 34.4 Å². The van der Waals surface area contributed by atoms with Crippen LogP contribution in [0.3, 0.4) is 0 Å². The molecule has 0 saturated carbocycles. The molecule has 4 aromatic carbocycles. The molecule has 1 heterocycles. The lowest BCUT2D eigenvalue weighted by atomic mass is 9.98. The third-order valence-electron chi connectivity index (χ3n) is 5.10. The largest absolute Gasteiger partial charge is 0.397 e. The van der Waals surface area contributed by atoms with Gasteiger partial charge in [0.25, 0.3) is 0 Å². The summed E-state index contributed by atoms with van der Waals surface area (Å²) in [6.07, 6.45) is 2.07. The predicted molar refractivity (Wildman–Crippen MR) is 111 cm³/mol. The highest BCUT2D eigenvalue weighted by Crippen LogP contribution is 2.38. The van der Waals surface area contributed by atoms with Crippen molar-refractivity contribution in [2.75, 3.05) is 11.1 Å². The predicted octanol–water partition coefficient (Wildman–Crippen LogP) is 5.67. The molecule has 26 heavy (non-hydrogen) atoms. The quantitative estimate of drug-likeness (QED) is 0.226. The van der Waals surface area contributed by atoms with E-state index >= 15 is 0 Å². The van der Waals surface area contributed by atoms with Gasteiger partial charge in [-0.1, -0.05) is 66.7 Å². The number of benzene rings is 4. The molecule has 1 aromatic heterocycles. The summed E-state index contributed by atoms with van der Waals surface area (Å²) in [6, 6.07) is 25.1. The van der Waals surface area contributed by atoms with E-state index < -0.39 is 0 Å². The summed E-state index contributed by atoms with van der Waals surface area (Å²) in [4.78, 5) is 3.33. The van der Waals surface area contributed by atoms with Crippen LogP contribution in [0.1, 0.15) is 5.56 Å². The van der Waals surface area contributed by atoms with Crippen molar-refractivity contribution in [2.24, 2.45) is 0 Å². The SMILES string of the molecule is Nc1c(NCc2c[nH]c3ccccc23)c2ccccc2c2ccccc12. The summed E-state index contributed by atoms with van der Waals surface area (Å²) in [5.74, 6) is 0. The van der Waals surface area contributed by atoms with Gasteiger partial charge in [0.05, 0.1) is 11.4 Å². The fourth-order valence-electron chi connectivity index (χ4n) is 3.82. The Kier molecular flexibility index (Phi) is 3.32. The molecule has 3 nitrogen and oxygen atoms in total. The van der Waals surface area contributed by atoms with Crippen LogP contribution in [0.5, 0.6) is 0 Å². The van der Waals surface area contributed by atoms with Crippen LogP contribution in [0, 0.1) is 0 Å². The Balaban J connectivity index is 1.65. The lowest BCUT2D eigenvalue weighted by molar-refractivity contribution is 1.17. The monoisotopic (exact) mass is 337 g/mol. The Hall–Kier alpha value is -3.46. The van der Waals surface area contributed by atoms with Crippen molar-refractivity contribution in [2.45, 2.75) is 6.54 Å². The van der Waals surface area contributed by atoms with Crippen molar-refractivity contribution in [3.63, 3.8) is 0 Å². The average Bonchev–Trinajstić information content (AvgIpc) is 3.11. The van der Waals surface area contributed by atoms with Crippen molar-refractivity contribution in [1.29, 1.82) is 0 Å². The van der Waals surface area contributed by atoms with E-state index in [1.807, 2.05) is 12.1 Å². The number of aromatic amines is 1. The summed E-state index contributed by atoms with van der Waals surface area (Å²) in [6.45, 7) is 0.719. The number of aromatic nitrogens is 1. The van der Waals surface area contributed by atoms with Crippen LogP contribution in [-0.2, 0) is 6.54 Å². The second-order valence-corrected chi connectivity index (χ2v) is 6.59. The maximum Gasteiger partial charge on any atom is 0.0662 e. The first-order chi connectivity index (χ1) is 12.8. The highest BCUT2D eigenvalue weighted by molar-refractivity contribution is 6.19. The first-order valence-corrected chi connectivity index (χ1v) is 8.81. The van der Waals surface area contributed by atoms with E-state index in [4.69, 9.17) is 5.73 Å². The van der Waals surface area contributed by atoms with Crippen LogP contribution >= 0.6 is 0 Å².